The van der Waals surface area contributed by atoms with E-state index in [0.29, 0.717) is 0 Å². The molecule has 0 radical (unpaired) electrons. The SMILES string of the molecule is CN=C(NCCCCN1CCC(C)CC1)NCCc1c[nH]c2ccc(F)cc12.I. The van der Waals surface area contributed by atoms with Gasteiger partial charge < -0.3 is 20.5 Å². The highest BCUT2D eigenvalue weighted by Crippen LogP contribution is 2.19. The molecule has 1 aromatic heterocycles. The van der Waals surface area contributed by atoms with Gasteiger partial charge in [-0.1, -0.05) is 6.92 Å². The number of unbranched alkanes of at least 4 members (excludes halogenated alkanes) is 1. The number of aromatic amines is 1. The molecule has 7 heteroatoms. The van der Waals surface area contributed by atoms with Crippen LogP contribution in [-0.2, 0) is 6.42 Å². The van der Waals surface area contributed by atoms with Crippen LogP contribution in [0.5, 0.6) is 0 Å². The first-order valence-electron chi connectivity index (χ1n) is 10.6. The zero-order valence-corrected chi connectivity index (χ0v) is 20.0. The number of H-pyrrole nitrogens is 1. The van der Waals surface area contributed by atoms with Crippen LogP contribution in [0.1, 0.15) is 38.2 Å². The fraction of sp³-hybridized carbons (Fsp3) is 0.591. The van der Waals surface area contributed by atoms with Crippen LogP contribution >= 0.6 is 24.0 Å². The van der Waals surface area contributed by atoms with Crippen molar-refractivity contribution >= 4 is 40.8 Å². The molecule has 1 aromatic carbocycles. The van der Waals surface area contributed by atoms with Gasteiger partial charge in [0.2, 0.25) is 0 Å². The third-order valence-electron chi connectivity index (χ3n) is 5.71. The molecule has 0 bridgehead atoms. The molecule has 1 saturated heterocycles. The third-order valence-corrected chi connectivity index (χ3v) is 5.71. The summed E-state index contributed by atoms with van der Waals surface area (Å²) in [5, 5.41) is 7.70. The summed E-state index contributed by atoms with van der Waals surface area (Å²) in [5.41, 5.74) is 2.09. The number of benzene rings is 1. The highest BCUT2D eigenvalue weighted by Gasteiger charge is 2.14. The average Bonchev–Trinajstić information content (AvgIpc) is 3.10. The van der Waals surface area contributed by atoms with E-state index >= 15 is 0 Å². The molecule has 0 atom stereocenters. The van der Waals surface area contributed by atoms with Crippen LogP contribution in [0.25, 0.3) is 10.9 Å². The van der Waals surface area contributed by atoms with Crippen molar-refractivity contribution in [2.24, 2.45) is 10.9 Å². The number of aliphatic imine (C=N–C) groups is 1. The summed E-state index contributed by atoms with van der Waals surface area (Å²) < 4.78 is 13.5. The van der Waals surface area contributed by atoms with E-state index in [1.165, 1.54) is 45.0 Å². The van der Waals surface area contributed by atoms with Crippen LogP contribution in [0.4, 0.5) is 4.39 Å². The fourth-order valence-corrected chi connectivity index (χ4v) is 3.85. The van der Waals surface area contributed by atoms with Gasteiger partial charge in [-0.2, -0.15) is 0 Å². The number of rotatable bonds is 8. The summed E-state index contributed by atoms with van der Waals surface area (Å²) in [7, 11) is 1.80. The summed E-state index contributed by atoms with van der Waals surface area (Å²) in [6.07, 6.45) is 7.84. The van der Waals surface area contributed by atoms with Crippen molar-refractivity contribution in [3.05, 3.63) is 35.8 Å². The lowest BCUT2D eigenvalue weighted by Crippen LogP contribution is -2.39. The molecule has 162 valence electrons. The Morgan fingerprint density at radius 3 is 2.72 bits per heavy atom. The van der Waals surface area contributed by atoms with Crippen molar-refractivity contribution in [3.8, 4) is 0 Å². The maximum absolute atomic E-state index is 13.5. The topological polar surface area (TPSA) is 55.5 Å². The second-order valence-corrected chi connectivity index (χ2v) is 7.91. The minimum Gasteiger partial charge on any atom is -0.361 e. The summed E-state index contributed by atoms with van der Waals surface area (Å²) >= 11 is 0. The predicted octanol–water partition coefficient (Wildman–Crippen LogP) is 4.14. The van der Waals surface area contributed by atoms with Gasteiger partial charge in [0.15, 0.2) is 5.96 Å². The summed E-state index contributed by atoms with van der Waals surface area (Å²) in [6, 6.07) is 4.86. The standard InChI is InChI=1S/C22H34FN5.HI/c1-17-8-13-28(14-9-17)12-4-3-10-25-22(24-2)26-11-7-18-16-27-21-6-5-19(23)15-20(18)21;/h5-6,15-17,27H,3-4,7-14H2,1-2H3,(H2,24,25,26);1H. The number of hydrogen-bond acceptors (Lipinski definition) is 2. The smallest absolute Gasteiger partial charge is 0.190 e. The summed E-state index contributed by atoms with van der Waals surface area (Å²) in [4.78, 5) is 10.1. The average molecular weight is 515 g/mol. The zero-order chi connectivity index (χ0) is 19.8. The van der Waals surface area contributed by atoms with Gasteiger partial charge in [0.1, 0.15) is 5.82 Å². The maximum atomic E-state index is 13.5. The molecule has 5 nitrogen and oxygen atoms in total. The molecule has 1 aliphatic heterocycles. The van der Waals surface area contributed by atoms with Crippen LogP contribution in [0.15, 0.2) is 29.4 Å². The molecule has 2 heterocycles. The van der Waals surface area contributed by atoms with E-state index in [4.69, 9.17) is 0 Å². The van der Waals surface area contributed by atoms with Crippen LogP contribution < -0.4 is 10.6 Å². The van der Waals surface area contributed by atoms with Crippen LogP contribution in [0.2, 0.25) is 0 Å². The van der Waals surface area contributed by atoms with Gasteiger partial charge >= 0.3 is 0 Å². The molecule has 0 unspecified atom stereocenters. The second-order valence-electron chi connectivity index (χ2n) is 7.91. The highest BCUT2D eigenvalue weighted by molar-refractivity contribution is 14.0. The Hall–Kier alpha value is -1.35. The molecule has 29 heavy (non-hydrogen) atoms. The minimum absolute atomic E-state index is 0. The van der Waals surface area contributed by atoms with E-state index in [2.05, 4.69) is 32.4 Å². The number of fused-ring (bicyclic) bond motifs is 1. The van der Waals surface area contributed by atoms with Gasteiger partial charge in [-0.3, -0.25) is 4.99 Å². The molecule has 3 rings (SSSR count). The monoisotopic (exact) mass is 515 g/mol. The van der Waals surface area contributed by atoms with Crippen molar-refractivity contribution < 1.29 is 4.39 Å². The Kier molecular flexibility index (Phi) is 10.2. The molecule has 1 fully saturated rings. The normalized spacial score (nSPS) is 16.0. The van der Waals surface area contributed by atoms with Crippen molar-refractivity contribution in [1.82, 2.24) is 20.5 Å². The highest BCUT2D eigenvalue weighted by atomic mass is 127. The lowest BCUT2D eigenvalue weighted by molar-refractivity contribution is 0.189. The number of halogens is 2. The van der Waals surface area contributed by atoms with Crippen molar-refractivity contribution in [1.29, 1.82) is 0 Å². The lowest BCUT2D eigenvalue weighted by atomic mass is 9.99. The molecular formula is C22H35FIN5. The number of piperidine rings is 1. The molecule has 1 aliphatic rings. The second kappa shape index (κ2) is 12.4. The Labute approximate surface area is 190 Å². The molecule has 3 N–H and O–H groups in total. The number of nitrogens with zero attached hydrogens (tertiary/aromatic N) is 2. The number of nitrogens with one attached hydrogen (secondary N) is 3. The summed E-state index contributed by atoms with van der Waals surface area (Å²) in [5.74, 6) is 1.53. The van der Waals surface area contributed by atoms with E-state index in [9.17, 15) is 4.39 Å². The molecule has 0 aliphatic carbocycles. The quantitative estimate of drug-likeness (QED) is 0.214. The third kappa shape index (κ3) is 7.44. The zero-order valence-electron chi connectivity index (χ0n) is 17.6. The van der Waals surface area contributed by atoms with Gasteiger partial charge in [0.25, 0.3) is 0 Å². The van der Waals surface area contributed by atoms with Gasteiger partial charge in [0, 0.05) is 37.2 Å². The van der Waals surface area contributed by atoms with Gasteiger partial charge in [-0.25, -0.2) is 4.39 Å². The van der Waals surface area contributed by atoms with Crippen LogP contribution in [0.3, 0.4) is 0 Å². The number of guanidine groups is 1. The van der Waals surface area contributed by atoms with Crippen molar-refractivity contribution in [2.75, 3.05) is 39.8 Å². The van der Waals surface area contributed by atoms with E-state index in [1.807, 2.05) is 6.20 Å². The Morgan fingerprint density at radius 2 is 1.97 bits per heavy atom. The molecule has 0 spiro atoms. The Balaban J connectivity index is 0.00000300. The van der Waals surface area contributed by atoms with E-state index in [-0.39, 0.29) is 29.8 Å². The molecule has 2 aromatic rings. The maximum Gasteiger partial charge on any atom is 0.190 e. The minimum atomic E-state index is -0.196. The van der Waals surface area contributed by atoms with Crippen LogP contribution in [0, 0.1) is 11.7 Å². The predicted molar refractivity (Wildman–Crippen MR) is 131 cm³/mol. The molecular weight excluding hydrogens is 480 g/mol. The number of hydrogen-bond donors (Lipinski definition) is 3. The van der Waals surface area contributed by atoms with Crippen LogP contribution in [-0.4, -0.2) is 55.6 Å². The fourth-order valence-electron chi connectivity index (χ4n) is 3.85. The van der Waals surface area contributed by atoms with Gasteiger partial charge in [-0.05, 0) is 81.4 Å². The van der Waals surface area contributed by atoms with Gasteiger partial charge in [0.05, 0.1) is 0 Å². The summed E-state index contributed by atoms with van der Waals surface area (Å²) in [6.45, 7) is 7.77. The van der Waals surface area contributed by atoms with Gasteiger partial charge in [-0.15, -0.1) is 24.0 Å². The first kappa shape index (κ1) is 23.9. The van der Waals surface area contributed by atoms with Crippen molar-refractivity contribution in [3.63, 3.8) is 0 Å². The van der Waals surface area contributed by atoms with E-state index in [0.717, 1.165) is 54.3 Å². The lowest BCUT2D eigenvalue weighted by Gasteiger charge is -2.30. The molecule has 0 saturated carbocycles. The first-order valence-corrected chi connectivity index (χ1v) is 10.6. The number of likely N-dealkylation sites (tertiary alicyclic amines) is 1. The van der Waals surface area contributed by atoms with E-state index < -0.39 is 0 Å². The number of aromatic nitrogens is 1. The first-order chi connectivity index (χ1) is 13.7. The molecule has 0 amide bonds. The Bertz CT molecular complexity index is 768. The van der Waals surface area contributed by atoms with E-state index in [1.54, 1.807) is 19.2 Å². The van der Waals surface area contributed by atoms with Crippen molar-refractivity contribution in [2.45, 2.75) is 39.0 Å². The Morgan fingerprint density at radius 1 is 1.21 bits per heavy atom. The largest absolute Gasteiger partial charge is 0.361 e.